The molecule has 1 aromatic carbocycles. The number of rotatable bonds is 8. The van der Waals surface area contributed by atoms with Crippen LogP contribution in [0.2, 0.25) is 0 Å². The summed E-state index contributed by atoms with van der Waals surface area (Å²) < 4.78 is 25.8. The number of carbonyl (C=O) groups excluding carboxylic acids is 1. The van der Waals surface area contributed by atoms with Crippen LogP contribution in [0.3, 0.4) is 0 Å². The third-order valence-electron chi connectivity index (χ3n) is 4.47. The average Bonchev–Trinajstić information content (AvgIpc) is 2.51. The second-order valence-electron chi connectivity index (χ2n) is 7.49. The lowest BCUT2D eigenvalue weighted by molar-refractivity contribution is -0.384. The number of anilines is 1. The Balaban J connectivity index is 3.35. The summed E-state index contributed by atoms with van der Waals surface area (Å²) in [6, 6.07) is 2.79. The lowest BCUT2D eigenvalue weighted by Crippen LogP contribution is -2.52. The molecule has 1 N–H and O–H groups in total. The number of sulfonamides is 1. The van der Waals surface area contributed by atoms with Crippen LogP contribution in [0.5, 0.6) is 0 Å². The molecule has 0 aliphatic carbocycles. The summed E-state index contributed by atoms with van der Waals surface area (Å²) in [6.45, 7) is 11.0. The molecule has 0 aliphatic rings. The minimum absolute atomic E-state index is 0.118. The molecule has 0 fully saturated rings. The molecule has 1 amide bonds. The number of nitrogens with zero attached hydrogens (tertiary/aromatic N) is 2. The van der Waals surface area contributed by atoms with E-state index in [2.05, 4.69) is 5.32 Å². The van der Waals surface area contributed by atoms with Crippen molar-refractivity contribution in [3.05, 3.63) is 33.9 Å². The number of nitrogens with one attached hydrogen (secondary N) is 1. The Morgan fingerprint density at radius 3 is 2.07 bits per heavy atom. The van der Waals surface area contributed by atoms with E-state index < -0.39 is 26.9 Å². The van der Waals surface area contributed by atoms with Gasteiger partial charge in [-0.1, -0.05) is 33.8 Å². The highest BCUT2D eigenvalue weighted by molar-refractivity contribution is 7.92. The van der Waals surface area contributed by atoms with Crippen molar-refractivity contribution in [1.82, 2.24) is 5.32 Å². The smallest absolute Gasteiger partial charge is 0.271 e. The maximum absolute atomic E-state index is 12.8. The number of benzene rings is 1. The highest BCUT2D eigenvalue weighted by atomic mass is 32.2. The van der Waals surface area contributed by atoms with E-state index in [0.717, 1.165) is 10.6 Å². The third-order valence-corrected chi connectivity index (χ3v) is 5.70. The molecule has 152 valence electrons. The maximum Gasteiger partial charge on any atom is 0.271 e. The fourth-order valence-electron chi connectivity index (χ4n) is 3.12. The summed E-state index contributed by atoms with van der Waals surface area (Å²) in [4.78, 5) is 23.3. The maximum atomic E-state index is 12.8. The van der Waals surface area contributed by atoms with E-state index in [0.29, 0.717) is 5.56 Å². The van der Waals surface area contributed by atoms with Crippen molar-refractivity contribution in [2.75, 3.05) is 10.6 Å². The molecular weight excluding hydrogens is 370 g/mol. The Morgan fingerprint density at radius 1 is 1.15 bits per heavy atom. The number of amides is 1. The first-order chi connectivity index (χ1) is 12.3. The van der Waals surface area contributed by atoms with E-state index in [9.17, 15) is 23.3 Å². The van der Waals surface area contributed by atoms with E-state index in [1.165, 1.54) is 25.1 Å². The van der Waals surface area contributed by atoms with Crippen LogP contribution in [0.4, 0.5) is 11.4 Å². The predicted molar refractivity (Wildman–Crippen MR) is 106 cm³/mol. The largest absolute Gasteiger partial charge is 0.351 e. The van der Waals surface area contributed by atoms with E-state index in [1.807, 2.05) is 27.7 Å². The first-order valence-electron chi connectivity index (χ1n) is 8.82. The number of non-ortho nitro benzene ring substituents is 1. The molecule has 0 bridgehead atoms. The van der Waals surface area contributed by atoms with Gasteiger partial charge in [0, 0.05) is 18.2 Å². The summed E-state index contributed by atoms with van der Waals surface area (Å²) in [7, 11) is -3.85. The van der Waals surface area contributed by atoms with Gasteiger partial charge in [0.2, 0.25) is 15.9 Å². The second-order valence-corrected chi connectivity index (χ2v) is 9.34. The molecule has 1 aromatic rings. The van der Waals surface area contributed by atoms with Gasteiger partial charge in [-0.15, -0.1) is 0 Å². The summed E-state index contributed by atoms with van der Waals surface area (Å²) in [5.74, 6) is -0.0986. The van der Waals surface area contributed by atoms with Gasteiger partial charge in [-0.3, -0.25) is 19.2 Å². The lowest BCUT2D eigenvalue weighted by Gasteiger charge is -2.32. The van der Waals surface area contributed by atoms with Crippen molar-refractivity contribution >= 4 is 27.3 Å². The zero-order valence-corrected chi connectivity index (χ0v) is 17.7. The van der Waals surface area contributed by atoms with Crippen molar-refractivity contribution < 1.29 is 18.1 Å². The SMILES string of the molecule is Cc1ccc([N+](=O)[O-])cc1N([C@@H](C)C(=O)NC(C(C)C)C(C)C)S(C)(=O)=O. The minimum atomic E-state index is -3.85. The number of carbonyl (C=O) groups is 1. The topological polar surface area (TPSA) is 110 Å². The fraction of sp³-hybridized carbons (Fsp3) is 0.611. The Hall–Kier alpha value is -2.16. The summed E-state index contributed by atoms with van der Waals surface area (Å²) in [5, 5.41) is 14.0. The summed E-state index contributed by atoms with van der Waals surface area (Å²) in [5.41, 5.74) is 0.411. The van der Waals surface area contributed by atoms with Crippen molar-refractivity contribution in [3.8, 4) is 0 Å². The van der Waals surface area contributed by atoms with Crippen LogP contribution in [-0.4, -0.2) is 37.6 Å². The van der Waals surface area contributed by atoms with Gasteiger partial charge in [0.25, 0.3) is 5.69 Å². The number of nitro benzene ring substituents is 1. The van der Waals surface area contributed by atoms with Crippen molar-refractivity contribution in [2.45, 2.75) is 53.6 Å². The zero-order valence-electron chi connectivity index (χ0n) is 16.9. The second kappa shape index (κ2) is 8.69. The van der Waals surface area contributed by atoms with Crippen molar-refractivity contribution in [2.24, 2.45) is 11.8 Å². The number of hydrogen-bond donors (Lipinski definition) is 1. The highest BCUT2D eigenvalue weighted by Gasteiger charge is 2.33. The fourth-order valence-corrected chi connectivity index (χ4v) is 4.34. The number of hydrogen-bond acceptors (Lipinski definition) is 5. The van der Waals surface area contributed by atoms with Gasteiger partial charge >= 0.3 is 0 Å². The summed E-state index contributed by atoms with van der Waals surface area (Å²) >= 11 is 0. The predicted octanol–water partition coefficient (Wildman–Crippen LogP) is 2.85. The number of nitro groups is 1. The van der Waals surface area contributed by atoms with Gasteiger partial charge in [-0.2, -0.15) is 0 Å². The first-order valence-corrected chi connectivity index (χ1v) is 10.7. The molecule has 0 heterocycles. The van der Waals surface area contributed by atoms with E-state index in [1.54, 1.807) is 6.92 Å². The van der Waals surface area contributed by atoms with Crippen LogP contribution in [0.25, 0.3) is 0 Å². The molecule has 9 heteroatoms. The standard InChI is InChI=1S/C18H29N3O5S/c1-11(2)17(12(3)4)19-18(22)14(6)20(27(7,25)26)16-10-15(21(23)24)9-8-13(16)5/h8-12,14,17H,1-7H3,(H,19,22)/t14-/m0/s1. The Bertz CT molecular complexity index is 797. The van der Waals surface area contributed by atoms with Gasteiger partial charge < -0.3 is 5.32 Å². The summed E-state index contributed by atoms with van der Waals surface area (Å²) in [6.07, 6.45) is 0.984. The Kier molecular flexibility index (Phi) is 7.36. The molecule has 8 nitrogen and oxygen atoms in total. The molecule has 0 aromatic heterocycles. The molecule has 0 radical (unpaired) electrons. The van der Waals surface area contributed by atoms with Crippen LogP contribution in [0.15, 0.2) is 18.2 Å². The highest BCUT2D eigenvalue weighted by Crippen LogP contribution is 2.29. The quantitative estimate of drug-likeness (QED) is 0.534. The van der Waals surface area contributed by atoms with Gasteiger partial charge in [0.1, 0.15) is 6.04 Å². The van der Waals surface area contributed by atoms with Gasteiger partial charge in [0.05, 0.1) is 16.9 Å². The molecular formula is C18H29N3O5S. The van der Waals surface area contributed by atoms with E-state index >= 15 is 0 Å². The zero-order chi connectivity index (χ0) is 21.1. The van der Waals surface area contributed by atoms with Crippen LogP contribution in [0, 0.1) is 28.9 Å². The molecule has 1 atom stereocenters. The number of aryl methyl sites for hydroxylation is 1. The van der Waals surface area contributed by atoms with E-state index in [-0.39, 0.29) is 29.3 Å². The molecule has 0 spiro atoms. The monoisotopic (exact) mass is 399 g/mol. The van der Waals surface area contributed by atoms with Crippen molar-refractivity contribution in [1.29, 1.82) is 0 Å². The molecule has 0 unspecified atom stereocenters. The molecule has 27 heavy (non-hydrogen) atoms. The first kappa shape index (κ1) is 22.9. The lowest BCUT2D eigenvalue weighted by atomic mass is 9.93. The Labute approximate surface area is 161 Å². The minimum Gasteiger partial charge on any atom is -0.351 e. The Morgan fingerprint density at radius 2 is 1.67 bits per heavy atom. The third kappa shape index (κ3) is 5.66. The van der Waals surface area contributed by atoms with Gasteiger partial charge in [-0.25, -0.2) is 8.42 Å². The van der Waals surface area contributed by atoms with E-state index in [4.69, 9.17) is 0 Å². The van der Waals surface area contributed by atoms with Crippen LogP contribution < -0.4 is 9.62 Å². The van der Waals surface area contributed by atoms with Crippen LogP contribution in [0.1, 0.15) is 40.2 Å². The molecule has 0 aliphatic heterocycles. The normalized spacial score (nSPS) is 13.1. The molecule has 1 rings (SSSR count). The van der Waals surface area contributed by atoms with Crippen LogP contribution in [-0.2, 0) is 14.8 Å². The van der Waals surface area contributed by atoms with Crippen molar-refractivity contribution in [3.63, 3.8) is 0 Å². The molecule has 0 saturated heterocycles. The molecule has 0 saturated carbocycles. The van der Waals surface area contributed by atoms with Gasteiger partial charge in [0.15, 0.2) is 0 Å². The average molecular weight is 400 g/mol. The van der Waals surface area contributed by atoms with Gasteiger partial charge in [-0.05, 0) is 31.2 Å². The van der Waals surface area contributed by atoms with Crippen LogP contribution >= 0.6 is 0 Å².